The molecule has 1 N–H and O–H groups in total. The minimum atomic E-state index is -0.0929. The zero-order valence-corrected chi connectivity index (χ0v) is 19.9. The molecule has 1 saturated heterocycles. The predicted molar refractivity (Wildman–Crippen MR) is 130 cm³/mol. The third-order valence-corrected chi connectivity index (χ3v) is 7.83. The fourth-order valence-electron chi connectivity index (χ4n) is 5.84. The van der Waals surface area contributed by atoms with E-state index in [1.54, 1.807) is 6.20 Å². The molecule has 0 bridgehead atoms. The van der Waals surface area contributed by atoms with Gasteiger partial charge in [0.15, 0.2) is 5.52 Å². The van der Waals surface area contributed by atoms with Crippen molar-refractivity contribution in [3.63, 3.8) is 0 Å². The predicted octanol–water partition coefficient (Wildman–Crippen LogP) is 4.73. The minimum absolute atomic E-state index is 0.0929. The van der Waals surface area contributed by atoms with Gasteiger partial charge in [0.2, 0.25) is 0 Å². The number of imidazole rings is 1. The molecule has 0 amide bonds. The van der Waals surface area contributed by atoms with E-state index in [4.69, 9.17) is 15.1 Å². The molecule has 3 unspecified atom stereocenters. The van der Waals surface area contributed by atoms with Gasteiger partial charge in [-0.2, -0.15) is 10.4 Å². The summed E-state index contributed by atoms with van der Waals surface area (Å²) in [4.78, 5) is 20.6. The Balaban J connectivity index is 1.31. The first-order valence-electron chi connectivity index (χ1n) is 12.7. The molecule has 5 rings (SSSR count). The summed E-state index contributed by atoms with van der Waals surface area (Å²) in [7, 11) is 0. The Morgan fingerprint density at radius 1 is 1.18 bits per heavy atom. The molecule has 2 aliphatic rings. The van der Waals surface area contributed by atoms with Crippen LogP contribution in [0.15, 0.2) is 35.3 Å². The number of aromatic nitrogens is 4. The average Bonchev–Trinajstić information content (AvgIpc) is 3.21. The molecule has 7 nitrogen and oxygen atoms in total. The second kappa shape index (κ2) is 10.1. The maximum absolute atomic E-state index is 12.9. The van der Waals surface area contributed by atoms with Crippen LogP contribution in [0.2, 0.25) is 0 Å². The van der Waals surface area contributed by atoms with Crippen LogP contribution in [-0.2, 0) is 11.2 Å². The number of hydrogen-bond donors (Lipinski definition) is 1. The van der Waals surface area contributed by atoms with Gasteiger partial charge < -0.3 is 9.72 Å². The van der Waals surface area contributed by atoms with E-state index in [-0.39, 0.29) is 17.4 Å². The fourth-order valence-corrected chi connectivity index (χ4v) is 5.84. The monoisotopic (exact) mass is 459 g/mol. The maximum Gasteiger partial charge on any atom is 0.276 e. The Kier molecular flexibility index (Phi) is 6.77. The number of benzene rings is 1. The van der Waals surface area contributed by atoms with Gasteiger partial charge in [0.05, 0.1) is 17.8 Å². The lowest BCUT2D eigenvalue weighted by Gasteiger charge is -2.23. The number of H-pyrrole nitrogens is 1. The van der Waals surface area contributed by atoms with Crippen LogP contribution in [0.1, 0.15) is 86.5 Å². The van der Waals surface area contributed by atoms with Gasteiger partial charge >= 0.3 is 0 Å². The number of ether oxygens (including phenoxy) is 1. The number of rotatable bonds is 5. The molecule has 7 heteroatoms. The van der Waals surface area contributed by atoms with E-state index in [0.717, 1.165) is 69.8 Å². The van der Waals surface area contributed by atoms with Crippen molar-refractivity contribution in [1.82, 2.24) is 19.6 Å². The van der Waals surface area contributed by atoms with Crippen LogP contribution in [0, 0.1) is 23.2 Å². The van der Waals surface area contributed by atoms with Gasteiger partial charge in [0.1, 0.15) is 11.6 Å². The molecule has 1 aliphatic carbocycles. The number of fused-ring (bicyclic) bond motifs is 1. The Hall–Kier alpha value is -2.98. The topological polar surface area (TPSA) is 96.1 Å². The first-order chi connectivity index (χ1) is 16.6. The van der Waals surface area contributed by atoms with Crippen molar-refractivity contribution in [3.05, 3.63) is 63.6 Å². The molecule has 0 spiro atoms. The summed E-state index contributed by atoms with van der Waals surface area (Å²) in [6, 6.07) is 10.2. The summed E-state index contributed by atoms with van der Waals surface area (Å²) in [5.74, 6) is 3.36. The number of nitrogens with zero attached hydrogens (tertiary/aromatic N) is 4. The third-order valence-electron chi connectivity index (χ3n) is 7.83. The number of hydrogen-bond acceptors (Lipinski definition) is 5. The van der Waals surface area contributed by atoms with Gasteiger partial charge in [0, 0.05) is 25.0 Å². The Morgan fingerprint density at radius 3 is 2.74 bits per heavy atom. The Labute approximate surface area is 200 Å². The summed E-state index contributed by atoms with van der Waals surface area (Å²) < 4.78 is 7.32. The molecule has 0 radical (unpaired) electrons. The van der Waals surface area contributed by atoms with Gasteiger partial charge in [0.25, 0.3) is 5.56 Å². The van der Waals surface area contributed by atoms with Crippen LogP contribution in [0.3, 0.4) is 0 Å². The van der Waals surface area contributed by atoms with Crippen molar-refractivity contribution >= 4 is 5.52 Å². The van der Waals surface area contributed by atoms with E-state index in [9.17, 15) is 4.79 Å². The standard InChI is InChI=1S/C27H33N5O2/c1-18-15-20(8-5-19-6-9-21(16-28)10-7-19)3-2-4-23(18)25-30-27(33)24-17-29-26(32(24)31-25)22-11-13-34-14-12-22/h6-7,9-10,17-18,20,22-23H,2-5,8,11-15H2,1H3,(H,30,31,33). The summed E-state index contributed by atoms with van der Waals surface area (Å²) >= 11 is 0. The highest BCUT2D eigenvalue weighted by molar-refractivity contribution is 5.42. The van der Waals surface area contributed by atoms with Gasteiger partial charge in [-0.1, -0.05) is 31.9 Å². The highest BCUT2D eigenvalue weighted by Crippen LogP contribution is 2.38. The molecule has 2 aromatic heterocycles. The number of nitriles is 1. The van der Waals surface area contributed by atoms with Crippen LogP contribution in [0.4, 0.5) is 0 Å². The zero-order valence-electron chi connectivity index (χ0n) is 19.9. The molecule has 3 aromatic rings. The lowest BCUT2D eigenvalue weighted by molar-refractivity contribution is 0.0832. The van der Waals surface area contributed by atoms with Crippen LogP contribution in [0.25, 0.3) is 5.52 Å². The van der Waals surface area contributed by atoms with Gasteiger partial charge in [-0.05, 0) is 68.1 Å². The van der Waals surface area contributed by atoms with E-state index in [1.165, 1.54) is 12.0 Å². The fraction of sp³-hybridized carbons (Fsp3) is 0.556. The highest BCUT2D eigenvalue weighted by Gasteiger charge is 2.29. The van der Waals surface area contributed by atoms with E-state index in [0.29, 0.717) is 22.9 Å². The summed E-state index contributed by atoms with van der Waals surface area (Å²) in [5, 5.41) is 14.0. The molecule has 3 heterocycles. The quantitative estimate of drug-likeness (QED) is 0.557. The largest absolute Gasteiger partial charge is 0.381 e. The lowest BCUT2D eigenvalue weighted by Crippen LogP contribution is -2.23. The third kappa shape index (κ3) is 4.78. The van der Waals surface area contributed by atoms with Gasteiger partial charge in [-0.15, -0.1) is 0 Å². The van der Waals surface area contributed by atoms with Crippen LogP contribution < -0.4 is 5.56 Å². The molecular formula is C27H33N5O2. The van der Waals surface area contributed by atoms with Crippen molar-refractivity contribution in [2.45, 2.75) is 70.1 Å². The average molecular weight is 460 g/mol. The van der Waals surface area contributed by atoms with Gasteiger partial charge in [-0.25, -0.2) is 9.50 Å². The van der Waals surface area contributed by atoms with Crippen molar-refractivity contribution < 1.29 is 4.74 Å². The summed E-state index contributed by atoms with van der Waals surface area (Å²) in [6.45, 7) is 3.78. The SMILES string of the molecule is CC1CC(CCc2ccc(C#N)cc2)CCCC1c1nn2c(C3CCOCC3)ncc2c(=O)[nH]1. The Morgan fingerprint density at radius 2 is 1.97 bits per heavy atom. The molecule has 1 aromatic carbocycles. The van der Waals surface area contributed by atoms with Gasteiger partial charge in [-0.3, -0.25) is 4.79 Å². The van der Waals surface area contributed by atoms with E-state index >= 15 is 0 Å². The molecular weight excluding hydrogens is 426 g/mol. The lowest BCUT2D eigenvalue weighted by atomic mass is 9.85. The van der Waals surface area contributed by atoms with Crippen molar-refractivity contribution in [3.8, 4) is 6.07 Å². The number of aryl methyl sites for hydroxylation is 1. The van der Waals surface area contributed by atoms with Crippen LogP contribution in [-0.4, -0.2) is 32.8 Å². The molecule has 1 saturated carbocycles. The van der Waals surface area contributed by atoms with Crippen LogP contribution in [0.5, 0.6) is 0 Å². The second-order valence-electron chi connectivity index (χ2n) is 10.1. The van der Waals surface area contributed by atoms with E-state index in [1.807, 2.05) is 16.6 Å². The molecule has 2 fully saturated rings. The maximum atomic E-state index is 12.9. The Bertz CT molecular complexity index is 1220. The minimum Gasteiger partial charge on any atom is -0.381 e. The zero-order chi connectivity index (χ0) is 23.5. The second-order valence-corrected chi connectivity index (χ2v) is 10.1. The number of nitrogens with one attached hydrogen (secondary N) is 1. The van der Waals surface area contributed by atoms with E-state index in [2.05, 4.69) is 35.1 Å². The normalized spacial score (nSPS) is 24.1. The first-order valence-corrected chi connectivity index (χ1v) is 12.7. The smallest absolute Gasteiger partial charge is 0.276 e. The van der Waals surface area contributed by atoms with Crippen molar-refractivity contribution in [2.24, 2.45) is 11.8 Å². The van der Waals surface area contributed by atoms with E-state index < -0.39 is 0 Å². The van der Waals surface area contributed by atoms with Crippen molar-refractivity contribution in [1.29, 1.82) is 5.26 Å². The van der Waals surface area contributed by atoms with Crippen LogP contribution >= 0.6 is 0 Å². The molecule has 1 aliphatic heterocycles. The summed E-state index contributed by atoms with van der Waals surface area (Å²) in [6.07, 6.45) is 10.2. The molecule has 178 valence electrons. The highest BCUT2D eigenvalue weighted by atomic mass is 16.5. The van der Waals surface area contributed by atoms with Crippen molar-refractivity contribution in [2.75, 3.05) is 13.2 Å². The number of aromatic amines is 1. The molecule has 34 heavy (non-hydrogen) atoms. The summed E-state index contributed by atoms with van der Waals surface area (Å²) in [5.41, 5.74) is 2.45. The molecule has 3 atom stereocenters. The first kappa shape index (κ1) is 22.8.